The molecule has 0 bridgehead atoms. The predicted molar refractivity (Wildman–Crippen MR) is 268 cm³/mol. The number of unbranched alkanes of at least 4 members (excludes halogenated alkanes) is 20. The first-order chi connectivity index (χ1) is 31.3. The number of carbonyl (C=O) groups is 3. The number of ether oxygens (including phenoxy) is 2. The third-order valence-corrected chi connectivity index (χ3v) is 13.3. The maximum Gasteiger partial charge on any atom is 0.469 e. The van der Waals surface area contributed by atoms with Crippen LogP contribution in [0.4, 0.5) is 0 Å². The van der Waals surface area contributed by atoms with Gasteiger partial charge in [0.15, 0.2) is 6.10 Å². The second-order valence-corrected chi connectivity index (χ2v) is 20.1. The summed E-state index contributed by atoms with van der Waals surface area (Å²) in [6.07, 6.45) is 44.4. The second kappa shape index (κ2) is 44.3. The Morgan fingerprint density at radius 2 is 1.25 bits per heavy atom. The number of hydrogen-bond acceptors (Lipinski definition) is 10. The molecule has 14 heteroatoms. The number of aliphatic hydroxyl groups is 1. The topological polar surface area (TPSA) is 203 Å². The number of carboxylic acid groups (broad SMARTS) is 1. The molecule has 0 radical (unpaired) electrons. The van der Waals surface area contributed by atoms with Crippen LogP contribution < -0.4 is 5.73 Å². The molecule has 0 rings (SSSR count). The van der Waals surface area contributed by atoms with Crippen molar-refractivity contribution in [3.05, 3.63) is 48.6 Å². The monoisotopic (exact) mass is 958 g/mol. The van der Waals surface area contributed by atoms with E-state index < -0.39 is 62.4 Å². The van der Waals surface area contributed by atoms with Crippen molar-refractivity contribution >= 4 is 37.5 Å². The summed E-state index contributed by atoms with van der Waals surface area (Å²) in [5.41, 5.74) is 6.13. The molecule has 0 aliphatic rings. The summed E-state index contributed by atoms with van der Waals surface area (Å²) in [5.74, 6) is -1.45. The Bertz CT molecular complexity index is 1340. The molecule has 0 fully saturated rings. The van der Waals surface area contributed by atoms with Crippen LogP contribution in [-0.4, -0.2) is 80.4 Å². The van der Waals surface area contributed by atoms with Gasteiger partial charge < -0.3 is 35.2 Å². The zero-order valence-corrected chi connectivity index (χ0v) is 42.4. The van der Waals surface area contributed by atoms with Crippen LogP contribution in [-0.2, 0) is 32.9 Å². The number of phosphoric ester groups is 1. The third kappa shape index (κ3) is 44.0. The van der Waals surface area contributed by atoms with Crippen molar-refractivity contribution < 1.29 is 52.9 Å². The van der Waals surface area contributed by atoms with E-state index in [1.165, 1.54) is 134 Å². The van der Waals surface area contributed by atoms with Gasteiger partial charge in [0.05, 0.1) is 12.7 Å². The largest absolute Gasteiger partial charge is 0.481 e. The van der Waals surface area contributed by atoms with Gasteiger partial charge in [0.25, 0.3) is 0 Å². The first-order valence-corrected chi connectivity index (χ1v) is 27.8. The highest BCUT2D eigenvalue weighted by atomic mass is 32.2. The zero-order chi connectivity index (χ0) is 48.2. The van der Waals surface area contributed by atoms with Crippen molar-refractivity contribution in [3.63, 3.8) is 0 Å². The van der Waals surface area contributed by atoms with Crippen molar-refractivity contribution in [1.82, 2.24) is 0 Å². The fraction of sp³-hybridized carbons (Fsp3) is 0.784. The van der Waals surface area contributed by atoms with E-state index in [1.54, 1.807) is 12.2 Å². The van der Waals surface area contributed by atoms with E-state index in [-0.39, 0.29) is 31.4 Å². The summed E-state index contributed by atoms with van der Waals surface area (Å²) in [6.45, 7) is 5.63. The number of phosphoric acid groups is 1. The van der Waals surface area contributed by atoms with Gasteiger partial charge in [-0.15, -0.1) is 11.8 Å². The average Bonchev–Trinajstić information content (AvgIpc) is 3.27. The molecule has 1 unspecified atom stereocenters. The lowest BCUT2D eigenvalue weighted by Gasteiger charge is -2.22. The summed E-state index contributed by atoms with van der Waals surface area (Å²) in [7, 11) is -4.89. The number of carbonyl (C=O) groups excluding carboxylic acids is 2. The van der Waals surface area contributed by atoms with Gasteiger partial charge in [-0.2, -0.15) is 0 Å². The second-order valence-electron chi connectivity index (χ2n) is 17.6. The van der Waals surface area contributed by atoms with Crippen molar-refractivity contribution in [2.24, 2.45) is 11.7 Å². The Hall–Kier alpha value is -2.25. The highest BCUT2D eigenvalue weighted by molar-refractivity contribution is 8.00. The first kappa shape index (κ1) is 62.8. The molecule has 0 aromatic heterocycles. The fourth-order valence-electron chi connectivity index (χ4n) is 7.09. The fourth-order valence-corrected chi connectivity index (χ4v) is 8.57. The van der Waals surface area contributed by atoms with E-state index >= 15 is 0 Å². The Balaban J connectivity index is 4.57. The van der Waals surface area contributed by atoms with Gasteiger partial charge >= 0.3 is 25.7 Å². The van der Waals surface area contributed by atoms with Crippen molar-refractivity contribution in [2.45, 2.75) is 230 Å². The van der Waals surface area contributed by atoms with E-state index in [9.17, 15) is 33.8 Å². The smallest absolute Gasteiger partial charge is 0.469 e. The quantitative estimate of drug-likeness (QED) is 0.0127. The Labute approximate surface area is 398 Å². The highest BCUT2D eigenvalue weighted by Gasteiger charge is 2.26. The molecule has 0 heterocycles. The minimum absolute atomic E-state index is 0.0423. The Morgan fingerprint density at radius 1 is 0.677 bits per heavy atom. The molecule has 0 saturated carbocycles. The van der Waals surface area contributed by atoms with Crippen molar-refractivity contribution in [3.8, 4) is 0 Å². The maximum absolute atomic E-state index is 12.9. The van der Waals surface area contributed by atoms with Crippen LogP contribution in [0.3, 0.4) is 0 Å². The van der Waals surface area contributed by atoms with E-state index in [0.29, 0.717) is 6.42 Å². The van der Waals surface area contributed by atoms with Crippen LogP contribution in [0.2, 0.25) is 0 Å². The lowest BCUT2D eigenvalue weighted by atomic mass is 9.99. The number of carboxylic acids is 1. The molecular weight excluding hydrogens is 866 g/mol. The number of thioether (sulfide) groups is 1. The summed E-state index contributed by atoms with van der Waals surface area (Å²) in [5, 5.41) is 19.4. The van der Waals surface area contributed by atoms with Crippen LogP contribution in [0.1, 0.15) is 207 Å². The van der Waals surface area contributed by atoms with E-state index in [2.05, 4.69) is 37.4 Å². The Kier molecular flexibility index (Phi) is 42.7. The standard InChI is InChI=1S/C51H92NO11PS/c1-4-6-7-8-9-10-11-21-24-27-30-33-38-48(47(53)37-35-39-49(54)55)65-43-46(52)51(57)61-41-45(42-62-64(58,59)60)63-50(56)40-34-31-28-25-22-19-17-15-13-12-14-16-18-20-23-26-29-32-36-44(3)5-2/h9-10,21,24,27,30,33,38,44-48,53H,4-8,11-20,22-23,25-26,28-29,31-32,34-37,39-43,52H2,1-3H3,(H,54,55)(H2,58,59,60)/b10-9-,24-21-,30-27+,38-33+/t44?,45-,46+,47+,48-/m1/s1. The highest BCUT2D eigenvalue weighted by Crippen LogP contribution is 2.36. The van der Waals surface area contributed by atoms with Gasteiger partial charge in [-0.25, -0.2) is 4.57 Å². The molecule has 65 heavy (non-hydrogen) atoms. The molecule has 0 spiro atoms. The zero-order valence-electron chi connectivity index (χ0n) is 40.7. The molecule has 0 aromatic rings. The number of aliphatic carboxylic acids is 1. The lowest BCUT2D eigenvalue weighted by Crippen LogP contribution is -2.38. The van der Waals surface area contributed by atoms with Gasteiger partial charge in [-0.3, -0.25) is 18.9 Å². The van der Waals surface area contributed by atoms with Gasteiger partial charge in [0.1, 0.15) is 12.6 Å². The molecule has 0 aliphatic carbocycles. The molecule has 0 saturated heterocycles. The molecule has 6 N–H and O–H groups in total. The van der Waals surface area contributed by atoms with Crippen LogP contribution >= 0.6 is 19.6 Å². The average molecular weight is 958 g/mol. The number of rotatable bonds is 46. The first-order valence-electron chi connectivity index (χ1n) is 25.3. The molecule has 5 atom stereocenters. The number of aliphatic hydroxyl groups excluding tert-OH is 1. The normalized spacial score (nSPS) is 14.7. The van der Waals surface area contributed by atoms with Gasteiger partial charge in [-0.1, -0.05) is 204 Å². The predicted octanol–water partition coefficient (Wildman–Crippen LogP) is 12.6. The number of hydrogen-bond donors (Lipinski definition) is 5. The Morgan fingerprint density at radius 3 is 1.80 bits per heavy atom. The van der Waals surface area contributed by atoms with Gasteiger partial charge in [-0.05, 0) is 44.4 Å². The van der Waals surface area contributed by atoms with Crippen LogP contribution in [0.25, 0.3) is 0 Å². The molecule has 0 aromatic carbocycles. The van der Waals surface area contributed by atoms with E-state index in [0.717, 1.165) is 38.0 Å². The minimum atomic E-state index is -4.89. The number of esters is 2. The van der Waals surface area contributed by atoms with Gasteiger partial charge in [0.2, 0.25) is 0 Å². The molecule has 0 amide bonds. The minimum Gasteiger partial charge on any atom is -0.481 e. The van der Waals surface area contributed by atoms with Crippen LogP contribution in [0, 0.1) is 5.92 Å². The lowest BCUT2D eigenvalue weighted by molar-refractivity contribution is -0.161. The van der Waals surface area contributed by atoms with Crippen molar-refractivity contribution in [1.29, 1.82) is 0 Å². The molecule has 12 nitrogen and oxygen atoms in total. The summed E-state index contributed by atoms with van der Waals surface area (Å²) >= 11 is 1.21. The maximum atomic E-state index is 12.9. The number of nitrogens with two attached hydrogens (primary N) is 1. The van der Waals surface area contributed by atoms with Crippen LogP contribution in [0.15, 0.2) is 48.6 Å². The van der Waals surface area contributed by atoms with Gasteiger partial charge in [0, 0.05) is 23.8 Å². The molecule has 0 aliphatic heterocycles. The summed E-state index contributed by atoms with van der Waals surface area (Å²) < 4.78 is 26.6. The van der Waals surface area contributed by atoms with E-state index in [4.69, 9.17) is 20.3 Å². The molecular formula is C51H92NO11PS. The van der Waals surface area contributed by atoms with E-state index in [1.807, 2.05) is 24.3 Å². The third-order valence-electron chi connectivity index (χ3n) is 11.4. The number of allylic oxidation sites excluding steroid dienone is 7. The summed E-state index contributed by atoms with van der Waals surface area (Å²) in [4.78, 5) is 55.0. The summed E-state index contributed by atoms with van der Waals surface area (Å²) in [6, 6.07) is -1.14. The molecule has 378 valence electrons. The SMILES string of the molecule is CCCCC/C=C\C\C=C/C=C/C=C/[C@@H](SC[C@H](N)C(=O)OC[C@H](COP(=O)(O)O)OC(=O)CCCCCCCCCCCCCCCCCCCCC(C)CC)[C@@H](O)CCCC(=O)O. The van der Waals surface area contributed by atoms with Crippen molar-refractivity contribution in [2.75, 3.05) is 19.0 Å². The van der Waals surface area contributed by atoms with Crippen LogP contribution in [0.5, 0.6) is 0 Å².